The maximum atomic E-state index is 5.66. The van der Waals surface area contributed by atoms with Crippen LogP contribution < -0.4 is 15.2 Å². The summed E-state index contributed by atoms with van der Waals surface area (Å²) in [5, 5.41) is 0. The van der Waals surface area contributed by atoms with Crippen molar-refractivity contribution >= 4 is 0 Å². The molecule has 4 heteroatoms. The Labute approximate surface area is 88.9 Å². The summed E-state index contributed by atoms with van der Waals surface area (Å²) in [5.41, 5.74) is 7.76. The van der Waals surface area contributed by atoms with Crippen molar-refractivity contribution < 1.29 is 14.2 Å². The SMILES string of the molecule is COCc1cc2c(cc1CN)OCCO2. The average molecular weight is 209 g/mol. The van der Waals surface area contributed by atoms with Gasteiger partial charge in [-0.15, -0.1) is 0 Å². The van der Waals surface area contributed by atoms with Gasteiger partial charge in [0.05, 0.1) is 6.61 Å². The highest BCUT2D eigenvalue weighted by Crippen LogP contribution is 2.33. The molecule has 1 heterocycles. The van der Waals surface area contributed by atoms with Crippen molar-refractivity contribution in [3.05, 3.63) is 23.3 Å². The van der Waals surface area contributed by atoms with Crippen LogP contribution in [-0.4, -0.2) is 20.3 Å². The fraction of sp³-hybridized carbons (Fsp3) is 0.455. The van der Waals surface area contributed by atoms with Crippen LogP contribution in [0.5, 0.6) is 11.5 Å². The van der Waals surface area contributed by atoms with Crippen LogP contribution in [-0.2, 0) is 17.9 Å². The number of nitrogens with two attached hydrogens (primary N) is 1. The zero-order valence-electron chi connectivity index (χ0n) is 8.79. The van der Waals surface area contributed by atoms with Crippen LogP contribution in [0, 0.1) is 0 Å². The summed E-state index contributed by atoms with van der Waals surface area (Å²) in [7, 11) is 1.66. The summed E-state index contributed by atoms with van der Waals surface area (Å²) >= 11 is 0. The maximum absolute atomic E-state index is 5.66. The second kappa shape index (κ2) is 4.51. The van der Waals surface area contributed by atoms with Gasteiger partial charge in [-0.05, 0) is 23.3 Å². The van der Waals surface area contributed by atoms with E-state index in [9.17, 15) is 0 Å². The molecule has 0 amide bonds. The molecule has 4 nitrogen and oxygen atoms in total. The van der Waals surface area contributed by atoms with E-state index < -0.39 is 0 Å². The fourth-order valence-corrected chi connectivity index (χ4v) is 1.65. The van der Waals surface area contributed by atoms with Gasteiger partial charge in [-0.25, -0.2) is 0 Å². The van der Waals surface area contributed by atoms with E-state index in [1.54, 1.807) is 7.11 Å². The van der Waals surface area contributed by atoms with E-state index in [0.717, 1.165) is 22.6 Å². The Morgan fingerprint density at radius 1 is 1.20 bits per heavy atom. The molecule has 0 unspecified atom stereocenters. The van der Waals surface area contributed by atoms with E-state index in [1.165, 1.54) is 0 Å². The van der Waals surface area contributed by atoms with E-state index >= 15 is 0 Å². The van der Waals surface area contributed by atoms with Crippen LogP contribution in [0.25, 0.3) is 0 Å². The minimum absolute atomic E-state index is 0.481. The molecule has 0 atom stereocenters. The summed E-state index contributed by atoms with van der Waals surface area (Å²) in [4.78, 5) is 0. The normalized spacial score (nSPS) is 14.0. The van der Waals surface area contributed by atoms with Gasteiger partial charge >= 0.3 is 0 Å². The smallest absolute Gasteiger partial charge is 0.161 e. The van der Waals surface area contributed by atoms with Crippen LogP contribution in [0.3, 0.4) is 0 Å². The minimum Gasteiger partial charge on any atom is -0.486 e. The van der Waals surface area contributed by atoms with Crippen LogP contribution in [0.1, 0.15) is 11.1 Å². The zero-order valence-corrected chi connectivity index (χ0v) is 8.79. The summed E-state index contributed by atoms with van der Waals surface area (Å²) in [5.74, 6) is 1.56. The van der Waals surface area contributed by atoms with E-state index in [-0.39, 0.29) is 0 Å². The lowest BCUT2D eigenvalue weighted by atomic mass is 10.1. The molecule has 0 fully saturated rings. The molecule has 0 aliphatic carbocycles. The molecule has 0 spiro atoms. The van der Waals surface area contributed by atoms with E-state index in [2.05, 4.69) is 0 Å². The third kappa shape index (κ3) is 2.06. The minimum atomic E-state index is 0.481. The molecule has 0 radical (unpaired) electrons. The second-order valence-corrected chi connectivity index (χ2v) is 3.40. The summed E-state index contributed by atoms with van der Waals surface area (Å²) in [6.45, 7) is 2.22. The predicted molar refractivity (Wildman–Crippen MR) is 56.0 cm³/mol. The van der Waals surface area contributed by atoms with Crippen molar-refractivity contribution in [3.63, 3.8) is 0 Å². The number of rotatable bonds is 3. The van der Waals surface area contributed by atoms with Gasteiger partial charge < -0.3 is 19.9 Å². The average Bonchev–Trinajstić information content (AvgIpc) is 2.28. The quantitative estimate of drug-likeness (QED) is 0.808. The Bertz CT molecular complexity index is 352. The van der Waals surface area contributed by atoms with Crippen LogP contribution >= 0.6 is 0 Å². The molecule has 0 saturated heterocycles. The van der Waals surface area contributed by atoms with Gasteiger partial charge in [0.2, 0.25) is 0 Å². The van der Waals surface area contributed by atoms with Crippen molar-refractivity contribution in [2.45, 2.75) is 13.2 Å². The first-order valence-corrected chi connectivity index (χ1v) is 4.95. The lowest BCUT2D eigenvalue weighted by molar-refractivity contribution is 0.167. The van der Waals surface area contributed by atoms with Gasteiger partial charge in [0.25, 0.3) is 0 Å². The Hall–Kier alpha value is -1.26. The number of methoxy groups -OCH3 is 1. The summed E-state index contributed by atoms with van der Waals surface area (Å²) in [6.07, 6.45) is 0. The molecule has 2 rings (SSSR count). The number of fused-ring (bicyclic) bond motifs is 1. The predicted octanol–water partition coefficient (Wildman–Crippen LogP) is 1.06. The molecular weight excluding hydrogens is 194 g/mol. The highest BCUT2D eigenvalue weighted by molar-refractivity contribution is 5.48. The third-order valence-electron chi connectivity index (χ3n) is 2.38. The first kappa shape index (κ1) is 10.3. The highest BCUT2D eigenvalue weighted by atomic mass is 16.6. The fourth-order valence-electron chi connectivity index (χ4n) is 1.65. The lowest BCUT2D eigenvalue weighted by Crippen LogP contribution is -2.16. The molecular formula is C11H15NO3. The molecule has 2 N–H and O–H groups in total. The van der Waals surface area contributed by atoms with Crippen molar-refractivity contribution in [3.8, 4) is 11.5 Å². The van der Waals surface area contributed by atoms with Crippen LogP contribution in [0.15, 0.2) is 12.1 Å². The van der Waals surface area contributed by atoms with Crippen molar-refractivity contribution in [2.75, 3.05) is 20.3 Å². The lowest BCUT2D eigenvalue weighted by Gasteiger charge is -2.20. The molecule has 1 aromatic carbocycles. The maximum Gasteiger partial charge on any atom is 0.161 e. The molecule has 1 aliphatic rings. The standard InChI is InChI=1S/C11H15NO3/c1-13-7-9-5-11-10(4-8(9)6-12)14-2-3-15-11/h4-5H,2-3,6-7,12H2,1H3. The van der Waals surface area contributed by atoms with Gasteiger partial charge in [0, 0.05) is 13.7 Å². The van der Waals surface area contributed by atoms with Gasteiger partial charge in [-0.3, -0.25) is 0 Å². The largest absolute Gasteiger partial charge is 0.486 e. The Morgan fingerprint density at radius 2 is 1.80 bits per heavy atom. The number of hydrogen-bond acceptors (Lipinski definition) is 4. The van der Waals surface area contributed by atoms with Crippen molar-refractivity contribution in [1.29, 1.82) is 0 Å². The van der Waals surface area contributed by atoms with Gasteiger partial charge in [0.15, 0.2) is 11.5 Å². The second-order valence-electron chi connectivity index (χ2n) is 3.40. The number of ether oxygens (including phenoxy) is 3. The topological polar surface area (TPSA) is 53.7 Å². The van der Waals surface area contributed by atoms with Gasteiger partial charge in [0.1, 0.15) is 13.2 Å². The molecule has 0 saturated carbocycles. The van der Waals surface area contributed by atoms with E-state index in [4.69, 9.17) is 19.9 Å². The first-order valence-electron chi connectivity index (χ1n) is 4.95. The molecule has 0 bridgehead atoms. The highest BCUT2D eigenvalue weighted by Gasteiger charge is 2.14. The van der Waals surface area contributed by atoms with Crippen LogP contribution in [0.2, 0.25) is 0 Å². The monoisotopic (exact) mass is 209 g/mol. The zero-order chi connectivity index (χ0) is 10.7. The molecule has 1 aromatic rings. The Kier molecular flexibility index (Phi) is 3.08. The molecule has 15 heavy (non-hydrogen) atoms. The third-order valence-corrected chi connectivity index (χ3v) is 2.38. The first-order chi connectivity index (χ1) is 7.35. The summed E-state index contributed by atoms with van der Waals surface area (Å²) < 4.78 is 16.1. The molecule has 82 valence electrons. The van der Waals surface area contributed by atoms with E-state index in [1.807, 2.05) is 12.1 Å². The van der Waals surface area contributed by atoms with Crippen molar-refractivity contribution in [2.24, 2.45) is 5.73 Å². The van der Waals surface area contributed by atoms with Gasteiger partial charge in [-0.2, -0.15) is 0 Å². The molecule has 0 aromatic heterocycles. The van der Waals surface area contributed by atoms with E-state index in [0.29, 0.717) is 26.4 Å². The number of benzene rings is 1. The Balaban J connectivity index is 2.37. The summed E-state index contributed by atoms with van der Waals surface area (Å²) in [6, 6.07) is 3.88. The number of hydrogen-bond donors (Lipinski definition) is 1. The molecule has 1 aliphatic heterocycles. The Morgan fingerprint density at radius 3 is 2.33 bits per heavy atom. The van der Waals surface area contributed by atoms with Crippen LogP contribution in [0.4, 0.5) is 0 Å². The van der Waals surface area contributed by atoms with Crippen molar-refractivity contribution in [1.82, 2.24) is 0 Å². The van der Waals surface area contributed by atoms with Gasteiger partial charge in [-0.1, -0.05) is 0 Å².